The summed E-state index contributed by atoms with van der Waals surface area (Å²) < 4.78 is 9.51. The predicted octanol–water partition coefficient (Wildman–Crippen LogP) is -0.144. The molecule has 0 aliphatic carbocycles. The van der Waals surface area contributed by atoms with E-state index in [9.17, 15) is 19.6 Å². The third-order valence-corrected chi connectivity index (χ3v) is 3.34. The maximum atomic E-state index is 12.3. The van der Waals surface area contributed by atoms with Gasteiger partial charge in [-0.1, -0.05) is 18.2 Å². The van der Waals surface area contributed by atoms with Crippen molar-refractivity contribution < 1.29 is 29.1 Å². The second-order valence-corrected chi connectivity index (χ2v) is 4.78. The van der Waals surface area contributed by atoms with Crippen LogP contribution in [0, 0.1) is 0 Å². The average Bonchev–Trinajstić information content (AvgIpc) is 2.83. The fourth-order valence-electron chi connectivity index (χ4n) is 2.20. The van der Waals surface area contributed by atoms with E-state index in [4.69, 9.17) is 9.47 Å². The second-order valence-electron chi connectivity index (χ2n) is 4.78. The number of benzene rings is 1. The molecule has 2 N–H and O–H groups in total. The molecule has 0 saturated heterocycles. The van der Waals surface area contributed by atoms with Gasteiger partial charge in [-0.15, -0.1) is 0 Å². The lowest BCUT2D eigenvalue weighted by atomic mass is 9.80. The van der Waals surface area contributed by atoms with Crippen LogP contribution >= 0.6 is 0 Å². The minimum Gasteiger partial charge on any atom is -0.465 e. The molecule has 0 radical (unpaired) electrons. The van der Waals surface area contributed by atoms with Crippen LogP contribution in [0.15, 0.2) is 60.0 Å². The molecule has 0 saturated carbocycles. The Kier molecular flexibility index (Phi) is 5.57. The number of rotatable bonds is 4. The summed E-state index contributed by atoms with van der Waals surface area (Å²) >= 11 is 0. The predicted molar refractivity (Wildman–Crippen MR) is 88.1 cm³/mol. The molecule has 0 unspecified atom stereocenters. The lowest BCUT2D eigenvalue weighted by Gasteiger charge is -2.23. The van der Waals surface area contributed by atoms with Crippen molar-refractivity contribution in [2.75, 3.05) is 19.1 Å². The van der Waals surface area contributed by atoms with E-state index in [1.807, 2.05) is 0 Å². The zero-order valence-electron chi connectivity index (χ0n) is 13.2. The highest BCUT2D eigenvalue weighted by atomic mass is 16.5. The van der Waals surface area contributed by atoms with E-state index in [1.54, 1.807) is 30.5 Å². The molecule has 7 nitrogen and oxygen atoms in total. The van der Waals surface area contributed by atoms with E-state index < -0.39 is 19.1 Å². The quantitative estimate of drug-likeness (QED) is 0.586. The lowest BCUT2D eigenvalue weighted by Crippen LogP contribution is -2.32. The van der Waals surface area contributed by atoms with Crippen LogP contribution in [-0.4, -0.2) is 43.3 Å². The Bertz CT molecular complexity index is 738. The first-order valence-electron chi connectivity index (χ1n) is 7.00. The molecule has 8 heteroatoms. The molecule has 0 atom stereocenters. The lowest BCUT2D eigenvalue weighted by molar-refractivity contribution is -0.139. The van der Waals surface area contributed by atoms with Crippen molar-refractivity contribution in [1.82, 2.24) is 0 Å². The average molecular weight is 329 g/mol. The number of esters is 2. The van der Waals surface area contributed by atoms with Crippen molar-refractivity contribution in [3.8, 4) is 0 Å². The van der Waals surface area contributed by atoms with Crippen LogP contribution in [0.5, 0.6) is 0 Å². The molecule has 2 rings (SSSR count). The van der Waals surface area contributed by atoms with Gasteiger partial charge < -0.3 is 24.4 Å². The number of methoxy groups -OCH3 is 2. The maximum absolute atomic E-state index is 12.3. The van der Waals surface area contributed by atoms with Crippen molar-refractivity contribution in [2.24, 2.45) is 0 Å². The Morgan fingerprint density at radius 2 is 1.79 bits per heavy atom. The van der Waals surface area contributed by atoms with Gasteiger partial charge in [-0.3, -0.25) is 0 Å². The van der Waals surface area contributed by atoms with Crippen molar-refractivity contribution in [1.29, 1.82) is 0 Å². The fraction of sp³-hybridized carbons (Fsp3) is 0.125. The molecule has 124 valence electrons. The summed E-state index contributed by atoms with van der Waals surface area (Å²) in [6, 6.07) is 6.26. The van der Waals surface area contributed by atoms with Crippen molar-refractivity contribution in [3.63, 3.8) is 0 Å². The van der Waals surface area contributed by atoms with Gasteiger partial charge in [0.05, 0.1) is 19.8 Å². The number of allylic oxidation sites excluding steroid dienone is 2. The molecular formula is C16H16BNO6. The number of carbonyl (C=O) groups is 2. The van der Waals surface area contributed by atoms with Crippen LogP contribution in [0.1, 0.15) is 0 Å². The number of hydrogen-bond acceptors (Lipinski definition) is 7. The van der Waals surface area contributed by atoms with E-state index in [2.05, 4.69) is 0 Å². The van der Waals surface area contributed by atoms with E-state index in [1.165, 1.54) is 37.3 Å². The second kappa shape index (κ2) is 7.63. The molecule has 1 heterocycles. The maximum Gasteiger partial charge on any atom is 0.488 e. The van der Waals surface area contributed by atoms with Crippen LogP contribution < -0.4 is 10.4 Å². The SMILES string of the molecule is COC(=O)C1=C(C(=O)OC)N(c2cccc(B(O)O)c2)C=CC=C1. The van der Waals surface area contributed by atoms with E-state index >= 15 is 0 Å². The summed E-state index contributed by atoms with van der Waals surface area (Å²) in [6.45, 7) is 0. The van der Waals surface area contributed by atoms with Crippen LogP contribution in [0.3, 0.4) is 0 Å². The van der Waals surface area contributed by atoms with Gasteiger partial charge in [0.15, 0.2) is 0 Å². The van der Waals surface area contributed by atoms with Gasteiger partial charge in [-0.25, -0.2) is 9.59 Å². The molecule has 0 bridgehead atoms. The molecule has 1 aliphatic heterocycles. The van der Waals surface area contributed by atoms with E-state index in [0.717, 1.165) is 0 Å². The first kappa shape index (κ1) is 17.5. The largest absolute Gasteiger partial charge is 0.488 e. The summed E-state index contributed by atoms with van der Waals surface area (Å²) in [5, 5.41) is 18.7. The molecule has 0 spiro atoms. The van der Waals surface area contributed by atoms with E-state index in [-0.39, 0.29) is 16.7 Å². The number of carbonyl (C=O) groups excluding carboxylic acids is 2. The monoisotopic (exact) mass is 329 g/mol. The van der Waals surface area contributed by atoms with Gasteiger partial charge in [0.25, 0.3) is 0 Å². The molecule has 0 amide bonds. The highest BCUT2D eigenvalue weighted by Crippen LogP contribution is 2.25. The van der Waals surface area contributed by atoms with Crippen molar-refractivity contribution in [2.45, 2.75) is 0 Å². The Labute approximate surface area is 139 Å². The molecule has 0 fully saturated rings. The van der Waals surface area contributed by atoms with Gasteiger partial charge in [-0.2, -0.15) is 0 Å². The zero-order chi connectivity index (χ0) is 17.7. The number of hydrogen-bond donors (Lipinski definition) is 2. The summed E-state index contributed by atoms with van der Waals surface area (Å²) in [6.07, 6.45) is 6.21. The number of ether oxygens (including phenoxy) is 2. The van der Waals surface area contributed by atoms with Crippen LogP contribution in [0.2, 0.25) is 0 Å². The highest BCUT2D eigenvalue weighted by Gasteiger charge is 2.27. The Balaban J connectivity index is 2.63. The third kappa shape index (κ3) is 3.56. The highest BCUT2D eigenvalue weighted by molar-refractivity contribution is 6.58. The van der Waals surface area contributed by atoms with Crippen molar-refractivity contribution >= 4 is 30.2 Å². The minimum atomic E-state index is -1.66. The number of anilines is 1. The number of nitrogens with zero attached hydrogens (tertiary/aromatic N) is 1. The first-order valence-corrected chi connectivity index (χ1v) is 7.00. The first-order chi connectivity index (χ1) is 11.5. The summed E-state index contributed by atoms with van der Waals surface area (Å²) in [4.78, 5) is 25.7. The molecule has 1 aliphatic rings. The molecule has 1 aromatic carbocycles. The summed E-state index contributed by atoms with van der Waals surface area (Å²) in [5.41, 5.74) is 0.660. The van der Waals surface area contributed by atoms with Gasteiger partial charge in [0.2, 0.25) is 0 Å². The minimum absolute atomic E-state index is 0.0179. The van der Waals surface area contributed by atoms with Gasteiger partial charge in [0, 0.05) is 11.9 Å². The Hall–Kier alpha value is -2.84. The summed E-state index contributed by atoms with van der Waals surface area (Å²) in [7, 11) is 0.752. The Morgan fingerprint density at radius 1 is 1.08 bits per heavy atom. The third-order valence-electron chi connectivity index (χ3n) is 3.34. The van der Waals surface area contributed by atoms with Crippen LogP contribution in [-0.2, 0) is 19.1 Å². The standard InChI is InChI=1S/C16H16BNO6/c1-23-15(19)13-8-3-4-9-18(14(13)16(20)24-2)12-7-5-6-11(10-12)17(21)22/h3-10,21-22H,1-2H3. The fourth-order valence-corrected chi connectivity index (χ4v) is 2.20. The zero-order valence-corrected chi connectivity index (χ0v) is 13.2. The smallest absolute Gasteiger partial charge is 0.465 e. The topological polar surface area (TPSA) is 96.3 Å². The van der Waals surface area contributed by atoms with Crippen LogP contribution in [0.25, 0.3) is 0 Å². The van der Waals surface area contributed by atoms with Gasteiger partial charge in [-0.05, 0) is 29.7 Å². The summed E-state index contributed by atoms with van der Waals surface area (Å²) in [5.74, 6) is -1.43. The Morgan fingerprint density at radius 3 is 2.42 bits per heavy atom. The van der Waals surface area contributed by atoms with Crippen molar-refractivity contribution in [3.05, 3.63) is 60.0 Å². The van der Waals surface area contributed by atoms with Gasteiger partial charge in [0.1, 0.15) is 5.70 Å². The van der Waals surface area contributed by atoms with E-state index in [0.29, 0.717) is 5.69 Å². The van der Waals surface area contributed by atoms with Gasteiger partial charge >= 0.3 is 19.1 Å². The molecule has 0 aromatic heterocycles. The molecular weight excluding hydrogens is 313 g/mol. The normalized spacial score (nSPS) is 13.6. The van der Waals surface area contributed by atoms with Crippen LogP contribution in [0.4, 0.5) is 5.69 Å². The molecule has 24 heavy (non-hydrogen) atoms. The molecule has 1 aromatic rings.